The lowest BCUT2D eigenvalue weighted by molar-refractivity contribution is -0.138. The van der Waals surface area contributed by atoms with E-state index in [4.69, 9.17) is 10.2 Å². The lowest BCUT2D eigenvalue weighted by Gasteiger charge is -2.30. The van der Waals surface area contributed by atoms with Crippen molar-refractivity contribution in [1.82, 2.24) is 4.90 Å². The summed E-state index contributed by atoms with van der Waals surface area (Å²) < 4.78 is 0. The Kier molecular flexibility index (Phi) is 4.18. The van der Waals surface area contributed by atoms with Gasteiger partial charge in [0.15, 0.2) is 0 Å². The van der Waals surface area contributed by atoms with Crippen molar-refractivity contribution in [1.29, 1.82) is 0 Å². The lowest BCUT2D eigenvalue weighted by Crippen LogP contribution is -2.37. The number of carbonyl (C=O) groups is 1. The van der Waals surface area contributed by atoms with E-state index in [-0.39, 0.29) is 13.2 Å². The first-order valence-corrected chi connectivity index (χ1v) is 4.77. The van der Waals surface area contributed by atoms with Gasteiger partial charge in [0.1, 0.15) is 0 Å². The highest BCUT2D eigenvalue weighted by Crippen LogP contribution is 2.19. The maximum absolute atomic E-state index is 10.4. The first-order valence-electron chi connectivity index (χ1n) is 4.77. The minimum Gasteiger partial charge on any atom is -0.480 e. The molecule has 0 aromatic carbocycles. The Hall–Kier alpha value is -0.610. The van der Waals surface area contributed by atoms with Gasteiger partial charge in [0.05, 0.1) is 6.54 Å². The Morgan fingerprint density at radius 3 is 2.46 bits per heavy atom. The summed E-state index contributed by atoms with van der Waals surface area (Å²) in [7, 11) is 0. The Labute approximate surface area is 78.2 Å². The summed E-state index contributed by atoms with van der Waals surface area (Å²) in [5.41, 5.74) is 0. The Balaban J connectivity index is 2.18. The van der Waals surface area contributed by atoms with Gasteiger partial charge in [-0.2, -0.15) is 0 Å². The molecule has 1 fully saturated rings. The third-order valence-corrected chi connectivity index (χ3v) is 2.60. The number of rotatable bonds is 4. The summed E-state index contributed by atoms with van der Waals surface area (Å²) in [5, 5.41) is 17.3. The number of likely N-dealkylation sites (tertiary alicyclic amines) is 1. The third-order valence-electron chi connectivity index (χ3n) is 2.60. The van der Waals surface area contributed by atoms with Gasteiger partial charge in [0.2, 0.25) is 0 Å². The summed E-state index contributed by atoms with van der Waals surface area (Å²) in [6.45, 7) is 2.13. The molecule has 13 heavy (non-hydrogen) atoms. The SMILES string of the molecule is O=C(O)CN1CCC(CCO)CC1. The summed E-state index contributed by atoms with van der Waals surface area (Å²) in [4.78, 5) is 12.3. The number of carboxylic acids is 1. The van der Waals surface area contributed by atoms with Crippen LogP contribution in [0.4, 0.5) is 0 Å². The topological polar surface area (TPSA) is 60.8 Å². The zero-order valence-corrected chi connectivity index (χ0v) is 7.78. The van der Waals surface area contributed by atoms with Gasteiger partial charge in [-0.15, -0.1) is 0 Å². The van der Waals surface area contributed by atoms with Crippen LogP contribution in [0.5, 0.6) is 0 Å². The maximum atomic E-state index is 10.4. The highest BCUT2D eigenvalue weighted by atomic mass is 16.4. The largest absolute Gasteiger partial charge is 0.480 e. The molecule has 0 amide bonds. The fraction of sp³-hybridized carbons (Fsp3) is 0.889. The summed E-state index contributed by atoms with van der Waals surface area (Å²) in [5.74, 6) is -0.157. The molecule has 76 valence electrons. The molecule has 4 nitrogen and oxygen atoms in total. The predicted octanol–water partition coefficient (Wildman–Crippen LogP) is 0.165. The molecule has 1 heterocycles. The molecule has 0 aromatic heterocycles. The zero-order valence-electron chi connectivity index (χ0n) is 7.78. The van der Waals surface area contributed by atoms with Crippen LogP contribution in [0.2, 0.25) is 0 Å². The van der Waals surface area contributed by atoms with E-state index in [0.29, 0.717) is 5.92 Å². The second-order valence-electron chi connectivity index (χ2n) is 3.63. The van der Waals surface area contributed by atoms with Gasteiger partial charge >= 0.3 is 5.97 Å². The van der Waals surface area contributed by atoms with Crippen LogP contribution in [0, 0.1) is 5.92 Å². The predicted molar refractivity (Wildman–Crippen MR) is 48.5 cm³/mol. The highest BCUT2D eigenvalue weighted by Gasteiger charge is 2.19. The van der Waals surface area contributed by atoms with Crippen molar-refractivity contribution in [3.8, 4) is 0 Å². The van der Waals surface area contributed by atoms with Gasteiger partial charge in [-0.1, -0.05) is 0 Å². The van der Waals surface area contributed by atoms with Gasteiger partial charge < -0.3 is 10.2 Å². The Morgan fingerprint density at radius 1 is 1.38 bits per heavy atom. The van der Waals surface area contributed by atoms with Crippen molar-refractivity contribution in [2.45, 2.75) is 19.3 Å². The van der Waals surface area contributed by atoms with E-state index < -0.39 is 5.97 Å². The third kappa shape index (κ3) is 3.74. The first kappa shape index (κ1) is 10.5. The van der Waals surface area contributed by atoms with Crippen LogP contribution >= 0.6 is 0 Å². The first-order chi connectivity index (χ1) is 6.22. The molecule has 1 rings (SSSR count). The van der Waals surface area contributed by atoms with Crippen LogP contribution in [-0.2, 0) is 4.79 Å². The molecule has 0 radical (unpaired) electrons. The molecule has 2 N–H and O–H groups in total. The van der Waals surface area contributed by atoms with Crippen molar-refractivity contribution in [3.63, 3.8) is 0 Å². The molecule has 0 aliphatic carbocycles. The summed E-state index contributed by atoms with van der Waals surface area (Å²) in [6, 6.07) is 0. The summed E-state index contributed by atoms with van der Waals surface area (Å²) in [6.07, 6.45) is 2.91. The number of nitrogens with zero attached hydrogens (tertiary/aromatic N) is 1. The van der Waals surface area contributed by atoms with Crippen LogP contribution in [0.25, 0.3) is 0 Å². The molecule has 0 unspecified atom stereocenters. The number of piperidine rings is 1. The number of hydrogen-bond acceptors (Lipinski definition) is 3. The van der Waals surface area contributed by atoms with Gasteiger partial charge in [0, 0.05) is 6.61 Å². The van der Waals surface area contributed by atoms with E-state index in [1.807, 2.05) is 4.90 Å². The van der Waals surface area contributed by atoms with Crippen molar-refractivity contribution in [3.05, 3.63) is 0 Å². The maximum Gasteiger partial charge on any atom is 0.317 e. The average Bonchev–Trinajstić information content (AvgIpc) is 2.08. The van der Waals surface area contributed by atoms with Crippen LogP contribution in [0.15, 0.2) is 0 Å². The van der Waals surface area contributed by atoms with E-state index in [2.05, 4.69) is 0 Å². The number of aliphatic hydroxyl groups is 1. The van der Waals surface area contributed by atoms with Crippen molar-refractivity contribution >= 4 is 5.97 Å². The number of hydrogen-bond donors (Lipinski definition) is 2. The Morgan fingerprint density at radius 2 is 2.00 bits per heavy atom. The van der Waals surface area contributed by atoms with Gasteiger partial charge in [-0.3, -0.25) is 9.69 Å². The molecule has 0 spiro atoms. The fourth-order valence-corrected chi connectivity index (χ4v) is 1.81. The summed E-state index contributed by atoms with van der Waals surface area (Å²) >= 11 is 0. The van der Waals surface area contributed by atoms with Gasteiger partial charge in [-0.05, 0) is 38.3 Å². The number of aliphatic carboxylic acids is 1. The van der Waals surface area contributed by atoms with E-state index in [9.17, 15) is 4.79 Å². The van der Waals surface area contributed by atoms with E-state index >= 15 is 0 Å². The number of aliphatic hydroxyl groups excluding tert-OH is 1. The van der Waals surface area contributed by atoms with Crippen molar-refractivity contribution in [2.24, 2.45) is 5.92 Å². The molecule has 0 aromatic rings. The van der Waals surface area contributed by atoms with Crippen LogP contribution < -0.4 is 0 Å². The molecular weight excluding hydrogens is 170 g/mol. The monoisotopic (exact) mass is 187 g/mol. The van der Waals surface area contributed by atoms with Crippen LogP contribution in [0.3, 0.4) is 0 Å². The molecule has 1 aliphatic rings. The smallest absolute Gasteiger partial charge is 0.317 e. The molecule has 0 atom stereocenters. The standard InChI is InChI=1S/C9H17NO3/c11-6-3-8-1-4-10(5-2-8)7-9(12)13/h8,11H,1-7H2,(H,12,13). The molecule has 4 heteroatoms. The van der Waals surface area contributed by atoms with Gasteiger partial charge in [-0.25, -0.2) is 0 Å². The van der Waals surface area contributed by atoms with Crippen molar-refractivity contribution < 1.29 is 15.0 Å². The quantitative estimate of drug-likeness (QED) is 0.658. The number of carboxylic acid groups (broad SMARTS) is 1. The zero-order chi connectivity index (χ0) is 9.68. The van der Waals surface area contributed by atoms with Crippen molar-refractivity contribution in [2.75, 3.05) is 26.2 Å². The van der Waals surface area contributed by atoms with E-state index in [0.717, 1.165) is 32.4 Å². The average molecular weight is 187 g/mol. The minimum atomic E-state index is -0.749. The molecular formula is C9H17NO3. The normalized spacial score (nSPS) is 20.4. The highest BCUT2D eigenvalue weighted by molar-refractivity contribution is 5.69. The van der Waals surface area contributed by atoms with Crippen LogP contribution in [-0.4, -0.2) is 47.3 Å². The molecule has 1 saturated heterocycles. The van der Waals surface area contributed by atoms with E-state index in [1.165, 1.54) is 0 Å². The van der Waals surface area contributed by atoms with Crippen LogP contribution in [0.1, 0.15) is 19.3 Å². The molecule has 0 saturated carbocycles. The fourth-order valence-electron chi connectivity index (χ4n) is 1.81. The van der Waals surface area contributed by atoms with E-state index in [1.54, 1.807) is 0 Å². The minimum absolute atomic E-state index is 0.159. The van der Waals surface area contributed by atoms with Gasteiger partial charge in [0.25, 0.3) is 0 Å². The lowest BCUT2D eigenvalue weighted by atomic mass is 9.94. The second-order valence-corrected chi connectivity index (χ2v) is 3.63. The molecule has 1 aliphatic heterocycles. The molecule has 0 bridgehead atoms. The second kappa shape index (κ2) is 5.19. The Bertz CT molecular complexity index is 164.